The fraction of sp³-hybridized carbons (Fsp3) is 0.625. The molecule has 0 saturated heterocycles. The Morgan fingerprint density at radius 2 is 1.50 bits per heavy atom. The number of hydrogen-bond acceptors (Lipinski definition) is 0. The van der Waals surface area contributed by atoms with Gasteiger partial charge < -0.3 is 0 Å². The van der Waals surface area contributed by atoms with Gasteiger partial charge in [0.15, 0.2) is 0 Å². The Kier molecular flexibility index (Phi) is 7.12. The topological polar surface area (TPSA) is 0 Å². The van der Waals surface area contributed by atoms with Gasteiger partial charge in [0.1, 0.15) is 0 Å². The van der Waals surface area contributed by atoms with E-state index in [9.17, 15) is 0 Å². The van der Waals surface area contributed by atoms with Gasteiger partial charge in [-0.05, 0) is 59.8 Å². The third-order valence-electron chi connectivity index (χ3n) is 3.66. The Morgan fingerprint density at radius 3 is 1.94 bits per heavy atom. The quantitative estimate of drug-likeness (QED) is 0.506. The van der Waals surface area contributed by atoms with Crippen LogP contribution in [-0.2, 0) is 0 Å². The van der Waals surface area contributed by atoms with E-state index in [4.69, 9.17) is 0 Å². The van der Waals surface area contributed by atoms with Gasteiger partial charge in [0, 0.05) is 0 Å². The van der Waals surface area contributed by atoms with Crippen LogP contribution < -0.4 is 0 Å². The van der Waals surface area contributed by atoms with E-state index in [1.54, 1.807) is 11.1 Å². The summed E-state index contributed by atoms with van der Waals surface area (Å²) in [6, 6.07) is 0. The predicted molar refractivity (Wildman–Crippen MR) is 75.6 cm³/mol. The van der Waals surface area contributed by atoms with Crippen molar-refractivity contribution in [2.75, 3.05) is 0 Å². The molecule has 16 heavy (non-hydrogen) atoms. The van der Waals surface area contributed by atoms with E-state index in [-0.39, 0.29) is 0 Å². The van der Waals surface area contributed by atoms with Crippen LogP contribution in [0.3, 0.4) is 0 Å². The molecule has 0 amide bonds. The molecular weight excluding hydrogens is 192 g/mol. The molecule has 0 aromatic rings. The Labute approximate surface area is 102 Å². The maximum Gasteiger partial charge on any atom is -0.0197 e. The SMILES string of the molecule is C=CCC(C)/C(C)=C(/C)CCC(C)=C(C)C. The summed E-state index contributed by atoms with van der Waals surface area (Å²) in [5, 5.41) is 0. The first-order valence-corrected chi connectivity index (χ1v) is 6.30. The van der Waals surface area contributed by atoms with Crippen LogP contribution in [0.2, 0.25) is 0 Å². The molecular formula is C16H28. The summed E-state index contributed by atoms with van der Waals surface area (Å²) in [4.78, 5) is 0. The first kappa shape index (κ1) is 15.2. The van der Waals surface area contributed by atoms with E-state index in [2.05, 4.69) is 48.1 Å². The number of hydrogen-bond donors (Lipinski definition) is 0. The molecule has 0 nitrogen and oxygen atoms in total. The average molecular weight is 220 g/mol. The molecule has 92 valence electrons. The summed E-state index contributed by atoms with van der Waals surface area (Å²) in [6.07, 6.45) is 5.50. The molecule has 0 aliphatic heterocycles. The van der Waals surface area contributed by atoms with Crippen LogP contribution in [0.1, 0.15) is 60.8 Å². The molecule has 0 bridgehead atoms. The van der Waals surface area contributed by atoms with Gasteiger partial charge in [-0.3, -0.25) is 0 Å². The normalized spacial score (nSPS) is 14.1. The monoisotopic (exact) mass is 220 g/mol. The minimum absolute atomic E-state index is 0.643. The zero-order chi connectivity index (χ0) is 12.7. The van der Waals surface area contributed by atoms with Gasteiger partial charge in [-0.15, -0.1) is 6.58 Å². The summed E-state index contributed by atoms with van der Waals surface area (Å²) in [5.74, 6) is 0.643. The van der Waals surface area contributed by atoms with Crippen LogP contribution in [0.15, 0.2) is 34.9 Å². The van der Waals surface area contributed by atoms with Gasteiger partial charge in [0.05, 0.1) is 0 Å². The van der Waals surface area contributed by atoms with Crippen molar-refractivity contribution in [2.24, 2.45) is 5.92 Å². The molecule has 0 N–H and O–H groups in total. The summed E-state index contributed by atoms with van der Waals surface area (Å²) in [5.41, 5.74) is 6.09. The van der Waals surface area contributed by atoms with Crippen molar-refractivity contribution in [3.8, 4) is 0 Å². The maximum absolute atomic E-state index is 3.81. The highest BCUT2D eigenvalue weighted by molar-refractivity contribution is 5.16. The maximum atomic E-state index is 3.81. The van der Waals surface area contributed by atoms with E-state index >= 15 is 0 Å². The van der Waals surface area contributed by atoms with Crippen LogP contribution >= 0.6 is 0 Å². The van der Waals surface area contributed by atoms with Crippen molar-refractivity contribution >= 4 is 0 Å². The average Bonchev–Trinajstić information content (AvgIpc) is 2.24. The van der Waals surface area contributed by atoms with Gasteiger partial charge in [-0.2, -0.15) is 0 Å². The zero-order valence-corrected chi connectivity index (χ0v) is 12.0. The molecule has 0 aromatic heterocycles. The minimum atomic E-state index is 0.643. The van der Waals surface area contributed by atoms with Crippen molar-refractivity contribution in [1.82, 2.24) is 0 Å². The number of rotatable bonds is 6. The van der Waals surface area contributed by atoms with E-state index in [1.165, 1.54) is 24.0 Å². The first-order chi connectivity index (χ1) is 7.40. The fourth-order valence-electron chi connectivity index (χ4n) is 1.67. The molecule has 0 aliphatic carbocycles. The van der Waals surface area contributed by atoms with Crippen molar-refractivity contribution in [2.45, 2.75) is 60.8 Å². The second-order valence-electron chi connectivity index (χ2n) is 5.17. The van der Waals surface area contributed by atoms with Gasteiger partial charge in [-0.25, -0.2) is 0 Å². The Morgan fingerprint density at radius 1 is 1.00 bits per heavy atom. The smallest absolute Gasteiger partial charge is 0.0197 e. The summed E-state index contributed by atoms with van der Waals surface area (Å²) in [6.45, 7) is 17.3. The molecule has 0 spiro atoms. The molecule has 0 saturated carbocycles. The lowest BCUT2D eigenvalue weighted by atomic mass is 9.92. The van der Waals surface area contributed by atoms with Crippen molar-refractivity contribution < 1.29 is 0 Å². The zero-order valence-electron chi connectivity index (χ0n) is 12.0. The van der Waals surface area contributed by atoms with Crippen LogP contribution in [-0.4, -0.2) is 0 Å². The largest absolute Gasteiger partial charge is 0.103 e. The summed E-state index contributed by atoms with van der Waals surface area (Å²) in [7, 11) is 0. The first-order valence-electron chi connectivity index (χ1n) is 6.30. The molecule has 0 fully saturated rings. The highest BCUT2D eigenvalue weighted by Gasteiger charge is 2.06. The molecule has 0 aromatic carbocycles. The Bertz CT molecular complexity index is 285. The van der Waals surface area contributed by atoms with Crippen LogP contribution in [0.4, 0.5) is 0 Å². The van der Waals surface area contributed by atoms with E-state index in [1.807, 2.05) is 6.08 Å². The van der Waals surface area contributed by atoms with E-state index in [0.717, 1.165) is 6.42 Å². The van der Waals surface area contributed by atoms with Crippen molar-refractivity contribution in [1.29, 1.82) is 0 Å². The van der Waals surface area contributed by atoms with E-state index < -0.39 is 0 Å². The lowest BCUT2D eigenvalue weighted by molar-refractivity contribution is 0.677. The molecule has 1 unspecified atom stereocenters. The lowest BCUT2D eigenvalue weighted by Crippen LogP contribution is -1.98. The van der Waals surface area contributed by atoms with Crippen molar-refractivity contribution in [3.63, 3.8) is 0 Å². The summed E-state index contributed by atoms with van der Waals surface area (Å²) >= 11 is 0. The van der Waals surface area contributed by atoms with Gasteiger partial charge in [-0.1, -0.05) is 35.3 Å². The fourth-order valence-corrected chi connectivity index (χ4v) is 1.67. The lowest BCUT2D eigenvalue weighted by Gasteiger charge is -2.14. The van der Waals surface area contributed by atoms with Gasteiger partial charge in [0.25, 0.3) is 0 Å². The summed E-state index contributed by atoms with van der Waals surface area (Å²) < 4.78 is 0. The second kappa shape index (κ2) is 7.49. The Balaban J connectivity index is 4.43. The molecule has 0 rings (SSSR count). The van der Waals surface area contributed by atoms with Crippen molar-refractivity contribution in [3.05, 3.63) is 34.9 Å². The molecule has 0 heteroatoms. The predicted octanol–water partition coefficient (Wildman–Crippen LogP) is 5.67. The highest BCUT2D eigenvalue weighted by atomic mass is 14.1. The molecule has 1 atom stereocenters. The standard InChI is InChI=1S/C16H28/c1-8-9-14(5)16(7)15(6)11-10-13(4)12(2)3/h8,14H,1,9-11H2,2-7H3/b16-15-. The van der Waals surface area contributed by atoms with E-state index in [0.29, 0.717) is 5.92 Å². The van der Waals surface area contributed by atoms with Crippen LogP contribution in [0, 0.1) is 5.92 Å². The molecule has 0 heterocycles. The Hall–Kier alpha value is -0.780. The molecule has 0 radical (unpaired) electrons. The van der Waals surface area contributed by atoms with Gasteiger partial charge >= 0.3 is 0 Å². The van der Waals surface area contributed by atoms with Crippen LogP contribution in [0.25, 0.3) is 0 Å². The van der Waals surface area contributed by atoms with Crippen LogP contribution in [0.5, 0.6) is 0 Å². The second-order valence-corrected chi connectivity index (χ2v) is 5.17. The third-order valence-corrected chi connectivity index (χ3v) is 3.66. The van der Waals surface area contributed by atoms with Gasteiger partial charge in [0.2, 0.25) is 0 Å². The molecule has 0 aliphatic rings. The number of allylic oxidation sites excluding steroid dienone is 5. The third kappa shape index (κ3) is 5.34. The minimum Gasteiger partial charge on any atom is -0.103 e. The highest BCUT2D eigenvalue weighted by Crippen LogP contribution is 2.23.